The van der Waals surface area contributed by atoms with Crippen molar-refractivity contribution in [1.82, 2.24) is 0 Å². The van der Waals surface area contributed by atoms with Gasteiger partial charge < -0.3 is 0 Å². The Morgan fingerprint density at radius 1 is 0.354 bits per heavy atom. The molecule has 0 heterocycles. The predicted molar refractivity (Wildman–Crippen MR) is 196 cm³/mol. The van der Waals surface area contributed by atoms with E-state index in [1.54, 1.807) is 6.92 Å². The molecule has 0 fully saturated rings. The molecule has 48 heavy (non-hydrogen) atoms. The van der Waals surface area contributed by atoms with Crippen molar-refractivity contribution < 1.29 is 55.3 Å². The molecule has 10 nitrogen and oxygen atoms in total. The predicted octanol–water partition coefficient (Wildman–Crippen LogP) is 7.00. The number of hydrogen-bond acceptors (Lipinski definition) is 10. The van der Waals surface area contributed by atoms with Crippen LogP contribution < -0.4 is 0 Å². The molecule has 0 saturated heterocycles. The van der Waals surface area contributed by atoms with E-state index in [0.717, 1.165) is 77.0 Å². The SMILES string of the molecule is CCCCCS(=O)(=O)CC.CCCCS(=O)(=O)CCC.CCCCS(=O)(=O)CCCC.CCCS(=O)(=O)CCC.CS(=O)(=O)C(F)(F)F. The molecule has 0 amide bonds. The third-order valence-corrected chi connectivity index (χ3v) is 14.3. The van der Waals surface area contributed by atoms with Crippen molar-refractivity contribution in [3.63, 3.8) is 0 Å². The topological polar surface area (TPSA) is 171 Å². The van der Waals surface area contributed by atoms with Crippen molar-refractivity contribution in [3.8, 4) is 0 Å². The van der Waals surface area contributed by atoms with Gasteiger partial charge in [-0.05, 0) is 44.9 Å². The van der Waals surface area contributed by atoms with Gasteiger partial charge in [-0.2, -0.15) is 13.2 Å². The Morgan fingerprint density at radius 2 is 0.583 bits per heavy atom. The number of halogens is 3. The monoisotopic (exact) mass is 804 g/mol. The Labute approximate surface area is 293 Å². The highest BCUT2D eigenvalue weighted by Crippen LogP contribution is 2.20. The second-order valence-electron chi connectivity index (χ2n) is 11.2. The molecule has 0 rings (SSSR count). The maximum Gasteiger partial charge on any atom is 0.497 e. The van der Waals surface area contributed by atoms with E-state index in [0.29, 0.717) is 40.3 Å². The van der Waals surface area contributed by atoms with Gasteiger partial charge in [0, 0.05) is 29.3 Å². The Kier molecular flexibility index (Phi) is 37.1. The molecule has 0 aliphatic rings. The maximum atomic E-state index is 11.1. The molecule has 0 saturated carbocycles. The number of sulfone groups is 5. The summed E-state index contributed by atoms with van der Waals surface area (Å²) in [6, 6.07) is 0. The molecule has 298 valence electrons. The third-order valence-electron chi connectivity index (χ3n) is 5.89. The van der Waals surface area contributed by atoms with Crippen LogP contribution in [-0.4, -0.2) is 99.9 Å². The van der Waals surface area contributed by atoms with Gasteiger partial charge in [0.25, 0.3) is 0 Å². The zero-order valence-corrected chi connectivity index (χ0v) is 35.0. The Bertz CT molecular complexity index is 1250. The van der Waals surface area contributed by atoms with E-state index in [2.05, 4.69) is 6.92 Å². The first-order valence-corrected chi connectivity index (χ1v) is 26.0. The average Bonchev–Trinajstić information content (AvgIpc) is 2.94. The Morgan fingerprint density at radius 3 is 0.792 bits per heavy atom. The quantitative estimate of drug-likeness (QED) is 0.117. The summed E-state index contributed by atoms with van der Waals surface area (Å²) in [6.07, 6.45) is 10.6. The van der Waals surface area contributed by atoms with Crippen LogP contribution in [0.5, 0.6) is 0 Å². The van der Waals surface area contributed by atoms with Crippen LogP contribution in [0, 0.1) is 0 Å². The lowest BCUT2D eigenvalue weighted by Gasteiger charge is -2.00. The Hall–Kier alpha value is -0.460. The third kappa shape index (κ3) is 45.5. The number of hydrogen-bond donors (Lipinski definition) is 0. The second kappa shape index (κ2) is 31.3. The van der Waals surface area contributed by atoms with Crippen molar-refractivity contribution in [2.24, 2.45) is 0 Å². The minimum Gasteiger partial charge on any atom is -0.229 e. The van der Waals surface area contributed by atoms with Gasteiger partial charge in [-0.1, -0.05) is 87.5 Å². The fraction of sp³-hybridized carbons (Fsp3) is 1.00. The molecule has 0 aromatic heterocycles. The lowest BCUT2D eigenvalue weighted by atomic mass is 10.3. The molecular formula is C30H67F3O10S5. The highest BCUT2D eigenvalue weighted by molar-refractivity contribution is 7.92. The first-order valence-electron chi connectivity index (χ1n) is 16.8. The molecule has 0 unspecified atom stereocenters. The number of rotatable bonds is 20. The molecule has 0 radical (unpaired) electrons. The summed E-state index contributed by atoms with van der Waals surface area (Å²) in [7, 11) is -15.6. The summed E-state index contributed by atoms with van der Waals surface area (Å²) in [5.74, 6) is 2.84. The van der Waals surface area contributed by atoms with Crippen LogP contribution in [0.2, 0.25) is 0 Å². The van der Waals surface area contributed by atoms with Gasteiger partial charge in [-0.15, -0.1) is 0 Å². The minimum atomic E-state index is -5.09. The highest BCUT2D eigenvalue weighted by Gasteiger charge is 2.41. The lowest BCUT2D eigenvalue weighted by molar-refractivity contribution is -0.0429. The van der Waals surface area contributed by atoms with Crippen LogP contribution in [0.4, 0.5) is 13.2 Å². The molecule has 0 bridgehead atoms. The van der Waals surface area contributed by atoms with Crippen molar-refractivity contribution in [2.45, 2.75) is 138 Å². The molecule has 0 spiro atoms. The molecule has 18 heteroatoms. The standard InChI is InChI=1S/C8H18O2S.2C7H16O2S.C6H14O2S.C2H3F3O2S/c1-3-5-7-11(9,10)8-6-4-2;1-3-5-6-7-10(8,9)4-2;1-3-5-7-10(8,9)6-4-2;1-3-5-9(7,8)6-4-2;1-8(6,7)2(3,4)5/h3-8H2,1-2H3;2*3-7H2,1-2H3;3-6H2,1-2H3;1H3. The van der Waals surface area contributed by atoms with Gasteiger partial charge in [-0.25, -0.2) is 42.1 Å². The van der Waals surface area contributed by atoms with Crippen molar-refractivity contribution in [2.75, 3.05) is 52.3 Å². The van der Waals surface area contributed by atoms with E-state index in [-0.39, 0.29) is 12.0 Å². The van der Waals surface area contributed by atoms with Gasteiger partial charge in [0.05, 0.1) is 23.0 Å². The average molecular weight is 805 g/mol. The molecule has 0 atom stereocenters. The van der Waals surface area contributed by atoms with Crippen molar-refractivity contribution >= 4 is 49.2 Å². The van der Waals surface area contributed by atoms with Crippen LogP contribution in [0.15, 0.2) is 0 Å². The van der Waals surface area contributed by atoms with Crippen LogP contribution in [0.1, 0.15) is 132 Å². The van der Waals surface area contributed by atoms with E-state index in [1.165, 1.54) is 0 Å². The molecule has 0 aliphatic carbocycles. The normalized spacial score (nSPS) is 12.2. The number of alkyl halides is 3. The summed E-state index contributed by atoms with van der Waals surface area (Å²) in [4.78, 5) is 0. The zero-order valence-electron chi connectivity index (χ0n) is 30.9. The summed E-state index contributed by atoms with van der Waals surface area (Å²) >= 11 is 0. The molecule has 0 N–H and O–H groups in total. The van der Waals surface area contributed by atoms with Gasteiger partial charge in [0.2, 0.25) is 9.84 Å². The highest BCUT2D eigenvalue weighted by atomic mass is 32.2. The van der Waals surface area contributed by atoms with E-state index < -0.39 is 54.7 Å². The van der Waals surface area contributed by atoms with Crippen LogP contribution in [-0.2, 0) is 49.2 Å². The maximum absolute atomic E-state index is 11.1. The number of unbranched alkanes of at least 4 members (excludes halogenated alkanes) is 5. The summed E-state index contributed by atoms with van der Waals surface area (Å²) < 4.78 is 140. The minimum absolute atomic E-state index is 0.118. The zero-order chi connectivity index (χ0) is 39.1. The van der Waals surface area contributed by atoms with E-state index in [4.69, 9.17) is 0 Å². The smallest absolute Gasteiger partial charge is 0.229 e. The van der Waals surface area contributed by atoms with Gasteiger partial charge in [0.1, 0.15) is 39.3 Å². The van der Waals surface area contributed by atoms with Gasteiger partial charge >= 0.3 is 5.51 Å². The van der Waals surface area contributed by atoms with E-state index >= 15 is 0 Å². The van der Waals surface area contributed by atoms with Crippen LogP contribution in [0.25, 0.3) is 0 Å². The molecular weight excluding hydrogens is 738 g/mol. The summed E-state index contributed by atoms with van der Waals surface area (Å²) in [5, 5.41) is 0. The van der Waals surface area contributed by atoms with E-state index in [1.807, 2.05) is 41.5 Å². The Balaban J connectivity index is -0.000000161. The van der Waals surface area contributed by atoms with Gasteiger partial charge in [0.15, 0.2) is 0 Å². The van der Waals surface area contributed by atoms with Crippen molar-refractivity contribution in [1.29, 1.82) is 0 Å². The van der Waals surface area contributed by atoms with Gasteiger partial charge in [-0.3, -0.25) is 0 Å². The summed E-state index contributed by atoms with van der Waals surface area (Å²) in [5.41, 5.74) is -5.09. The van der Waals surface area contributed by atoms with Crippen LogP contribution >= 0.6 is 0 Å². The van der Waals surface area contributed by atoms with E-state index in [9.17, 15) is 55.3 Å². The molecule has 0 aromatic carbocycles. The fourth-order valence-electron chi connectivity index (χ4n) is 3.05. The van der Waals surface area contributed by atoms with Crippen LogP contribution in [0.3, 0.4) is 0 Å². The molecule has 0 aliphatic heterocycles. The first-order chi connectivity index (χ1) is 21.7. The lowest BCUT2D eigenvalue weighted by Crippen LogP contribution is -2.20. The molecule has 0 aromatic rings. The largest absolute Gasteiger partial charge is 0.497 e. The van der Waals surface area contributed by atoms with Crippen molar-refractivity contribution in [3.05, 3.63) is 0 Å². The fourth-order valence-corrected chi connectivity index (χ4v) is 8.64. The second-order valence-corrected chi connectivity index (χ2v) is 22.6. The first kappa shape index (κ1) is 56.9. The summed E-state index contributed by atoms with van der Waals surface area (Å²) in [6.45, 7) is 15.4.